The van der Waals surface area contributed by atoms with Crippen molar-refractivity contribution in [1.82, 2.24) is 0 Å². The lowest BCUT2D eigenvalue weighted by Gasteiger charge is -2.07. The zero-order valence-corrected chi connectivity index (χ0v) is 8.80. The van der Waals surface area contributed by atoms with Gasteiger partial charge >= 0.3 is 0 Å². The van der Waals surface area contributed by atoms with E-state index < -0.39 is 5.91 Å². The van der Waals surface area contributed by atoms with Gasteiger partial charge in [0.25, 0.3) is 5.91 Å². The molecule has 70 valence electrons. The van der Waals surface area contributed by atoms with Crippen molar-refractivity contribution < 1.29 is 9.53 Å². The molecule has 4 heteroatoms. The largest absolute Gasteiger partial charge is 0.493 e. The van der Waals surface area contributed by atoms with E-state index in [-0.39, 0.29) is 0 Å². The third kappa shape index (κ3) is 2.45. The molecule has 13 heavy (non-hydrogen) atoms. The lowest BCUT2D eigenvalue weighted by atomic mass is 10.2. The summed E-state index contributed by atoms with van der Waals surface area (Å²) in [5.41, 5.74) is 5.57. The summed E-state index contributed by atoms with van der Waals surface area (Å²) < 4.78 is 6.04. The summed E-state index contributed by atoms with van der Waals surface area (Å²) in [4.78, 5) is 11.0. The molecule has 0 saturated heterocycles. The summed E-state index contributed by atoms with van der Waals surface area (Å²) in [7, 11) is 0. The van der Waals surface area contributed by atoms with Gasteiger partial charge in [0, 0.05) is 4.47 Å². The standard InChI is InChI=1S/C9H10BrNO2/c1-2-13-8-4-3-6(10)5-7(8)9(11)12/h3-5H,2H2,1H3,(H2,11,12). The van der Waals surface area contributed by atoms with Crippen molar-refractivity contribution in [2.45, 2.75) is 6.92 Å². The van der Waals surface area contributed by atoms with Gasteiger partial charge in [-0.05, 0) is 25.1 Å². The smallest absolute Gasteiger partial charge is 0.252 e. The van der Waals surface area contributed by atoms with Crippen LogP contribution in [-0.4, -0.2) is 12.5 Å². The quantitative estimate of drug-likeness (QED) is 0.883. The first kappa shape index (κ1) is 10.1. The highest BCUT2D eigenvalue weighted by molar-refractivity contribution is 9.10. The molecule has 1 amide bonds. The number of halogens is 1. The molecule has 0 fully saturated rings. The van der Waals surface area contributed by atoms with Gasteiger partial charge in [-0.2, -0.15) is 0 Å². The Morgan fingerprint density at radius 1 is 1.62 bits per heavy atom. The topological polar surface area (TPSA) is 52.3 Å². The van der Waals surface area contributed by atoms with E-state index >= 15 is 0 Å². The van der Waals surface area contributed by atoms with Gasteiger partial charge in [-0.15, -0.1) is 0 Å². The Morgan fingerprint density at radius 3 is 2.85 bits per heavy atom. The van der Waals surface area contributed by atoms with Crippen LogP contribution in [0.1, 0.15) is 17.3 Å². The predicted molar refractivity (Wildman–Crippen MR) is 53.8 cm³/mol. The average Bonchev–Trinajstić information content (AvgIpc) is 2.08. The second kappa shape index (κ2) is 4.28. The molecule has 0 aliphatic heterocycles. The van der Waals surface area contributed by atoms with Crippen LogP contribution in [0.15, 0.2) is 22.7 Å². The molecule has 0 atom stereocenters. The molecule has 0 spiro atoms. The highest BCUT2D eigenvalue weighted by Gasteiger charge is 2.08. The number of carbonyl (C=O) groups excluding carboxylic acids is 1. The van der Waals surface area contributed by atoms with Crippen LogP contribution in [0.2, 0.25) is 0 Å². The van der Waals surface area contributed by atoms with Crippen molar-refractivity contribution in [2.24, 2.45) is 5.73 Å². The Labute approximate surface area is 85.0 Å². The van der Waals surface area contributed by atoms with Gasteiger partial charge in [0.05, 0.1) is 12.2 Å². The Morgan fingerprint density at radius 2 is 2.31 bits per heavy atom. The van der Waals surface area contributed by atoms with E-state index in [1.54, 1.807) is 18.2 Å². The molecule has 0 aromatic heterocycles. The van der Waals surface area contributed by atoms with E-state index in [1.165, 1.54) is 0 Å². The van der Waals surface area contributed by atoms with Gasteiger partial charge in [-0.3, -0.25) is 4.79 Å². The minimum Gasteiger partial charge on any atom is -0.493 e. The van der Waals surface area contributed by atoms with Crippen LogP contribution in [0.5, 0.6) is 5.75 Å². The number of hydrogen-bond acceptors (Lipinski definition) is 2. The van der Waals surface area contributed by atoms with E-state index in [0.29, 0.717) is 17.9 Å². The van der Waals surface area contributed by atoms with E-state index in [9.17, 15) is 4.79 Å². The van der Waals surface area contributed by atoms with Gasteiger partial charge in [0.1, 0.15) is 5.75 Å². The maximum absolute atomic E-state index is 11.0. The zero-order chi connectivity index (χ0) is 9.84. The fourth-order valence-electron chi connectivity index (χ4n) is 0.976. The van der Waals surface area contributed by atoms with Gasteiger partial charge in [0.2, 0.25) is 0 Å². The average molecular weight is 244 g/mol. The van der Waals surface area contributed by atoms with Crippen LogP contribution in [0.3, 0.4) is 0 Å². The van der Waals surface area contributed by atoms with Crippen molar-refractivity contribution in [2.75, 3.05) is 6.61 Å². The van der Waals surface area contributed by atoms with Gasteiger partial charge in [-0.25, -0.2) is 0 Å². The summed E-state index contributed by atoms with van der Waals surface area (Å²) in [6, 6.07) is 5.17. The van der Waals surface area contributed by atoms with Crippen LogP contribution >= 0.6 is 15.9 Å². The second-order valence-corrected chi connectivity index (χ2v) is 3.35. The molecule has 0 saturated carbocycles. The molecule has 3 nitrogen and oxygen atoms in total. The van der Waals surface area contributed by atoms with Crippen molar-refractivity contribution in [1.29, 1.82) is 0 Å². The number of rotatable bonds is 3. The van der Waals surface area contributed by atoms with Gasteiger partial charge in [0.15, 0.2) is 0 Å². The first-order valence-electron chi connectivity index (χ1n) is 3.87. The van der Waals surface area contributed by atoms with Crippen LogP contribution in [0, 0.1) is 0 Å². The number of amides is 1. The first-order chi connectivity index (χ1) is 6.15. The van der Waals surface area contributed by atoms with Crippen molar-refractivity contribution in [3.63, 3.8) is 0 Å². The van der Waals surface area contributed by atoms with E-state index in [0.717, 1.165) is 4.47 Å². The molecule has 1 aromatic rings. The van der Waals surface area contributed by atoms with Crippen LogP contribution in [-0.2, 0) is 0 Å². The molecule has 2 N–H and O–H groups in total. The number of benzene rings is 1. The normalized spacial score (nSPS) is 9.69. The molecule has 0 heterocycles. The third-order valence-electron chi connectivity index (χ3n) is 1.51. The van der Waals surface area contributed by atoms with Crippen LogP contribution in [0.25, 0.3) is 0 Å². The molecule has 0 bridgehead atoms. The van der Waals surface area contributed by atoms with Gasteiger partial charge in [-0.1, -0.05) is 15.9 Å². The van der Waals surface area contributed by atoms with Crippen LogP contribution < -0.4 is 10.5 Å². The summed E-state index contributed by atoms with van der Waals surface area (Å²) in [5.74, 6) is 0.0444. The highest BCUT2D eigenvalue weighted by Crippen LogP contribution is 2.22. The predicted octanol–water partition coefficient (Wildman–Crippen LogP) is 1.95. The minimum absolute atomic E-state index is 0.399. The van der Waals surface area contributed by atoms with E-state index in [2.05, 4.69) is 15.9 Å². The number of carbonyl (C=O) groups is 1. The molecule has 1 rings (SSSR count). The monoisotopic (exact) mass is 243 g/mol. The molecule has 1 aromatic carbocycles. The molecule has 0 unspecified atom stereocenters. The first-order valence-corrected chi connectivity index (χ1v) is 4.66. The minimum atomic E-state index is -0.482. The maximum atomic E-state index is 11.0. The molecule has 0 radical (unpaired) electrons. The number of nitrogens with two attached hydrogens (primary N) is 1. The fourth-order valence-corrected chi connectivity index (χ4v) is 1.34. The summed E-state index contributed by atoms with van der Waals surface area (Å²) >= 11 is 3.25. The Balaban J connectivity index is 3.10. The van der Waals surface area contributed by atoms with Crippen molar-refractivity contribution in [3.8, 4) is 5.75 Å². The number of ether oxygens (including phenoxy) is 1. The van der Waals surface area contributed by atoms with E-state index in [1.807, 2.05) is 6.92 Å². The third-order valence-corrected chi connectivity index (χ3v) is 2.00. The maximum Gasteiger partial charge on any atom is 0.252 e. The summed E-state index contributed by atoms with van der Waals surface area (Å²) in [6.45, 7) is 2.37. The molecular weight excluding hydrogens is 234 g/mol. The van der Waals surface area contributed by atoms with Gasteiger partial charge < -0.3 is 10.5 Å². The van der Waals surface area contributed by atoms with Crippen molar-refractivity contribution >= 4 is 21.8 Å². The Bertz CT molecular complexity index is 325. The van der Waals surface area contributed by atoms with Crippen LogP contribution in [0.4, 0.5) is 0 Å². The zero-order valence-electron chi connectivity index (χ0n) is 7.21. The lowest BCUT2D eigenvalue weighted by Crippen LogP contribution is -2.13. The number of primary amides is 1. The summed E-state index contributed by atoms with van der Waals surface area (Å²) in [6.07, 6.45) is 0. The van der Waals surface area contributed by atoms with E-state index in [4.69, 9.17) is 10.5 Å². The Hall–Kier alpha value is -1.03. The fraction of sp³-hybridized carbons (Fsp3) is 0.222. The molecule has 0 aliphatic carbocycles. The second-order valence-electron chi connectivity index (χ2n) is 2.44. The Kier molecular flexibility index (Phi) is 3.31. The molecular formula is C9H10BrNO2. The number of hydrogen-bond donors (Lipinski definition) is 1. The lowest BCUT2D eigenvalue weighted by molar-refractivity contribution is 0.0996. The SMILES string of the molecule is CCOc1ccc(Br)cc1C(N)=O. The summed E-state index contributed by atoms with van der Waals surface area (Å²) in [5, 5.41) is 0. The van der Waals surface area contributed by atoms with Crippen molar-refractivity contribution in [3.05, 3.63) is 28.2 Å². The molecule has 0 aliphatic rings. The highest BCUT2D eigenvalue weighted by atomic mass is 79.9.